The molecule has 5 nitrogen and oxygen atoms in total. The minimum atomic E-state index is -0.493. The zero-order valence-electron chi connectivity index (χ0n) is 15.2. The lowest BCUT2D eigenvalue weighted by molar-refractivity contribution is -0.126. The van der Waals surface area contributed by atoms with Gasteiger partial charge in [0.1, 0.15) is 0 Å². The first-order chi connectivity index (χ1) is 10.9. The molecular weight excluding hydrogens is 290 g/mol. The van der Waals surface area contributed by atoms with Gasteiger partial charge in [0.2, 0.25) is 5.91 Å². The number of carbonyl (C=O) groups excluding carboxylic acids is 1. The van der Waals surface area contributed by atoms with Crippen LogP contribution >= 0.6 is 0 Å². The number of rotatable bonds is 6. The molecule has 1 saturated carbocycles. The number of likely N-dealkylation sites (N-methyl/N-ethyl adjacent to an activating group) is 1. The number of amides is 1. The van der Waals surface area contributed by atoms with Gasteiger partial charge >= 0.3 is 0 Å². The molecule has 1 aliphatic heterocycles. The molecule has 0 atom stereocenters. The van der Waals surface area contributed by atoms with E-state index in [0.717, 1.165) is 77.2 Å². The maximum atomic E-state index is 12.2. The number of nitrogens with zero attached hydrogens (tertiary/aromatic N) is 2. The second kappa shape index (κ2) is 8.45. The number of carbonyl (C=O) groups is 1. The summed E-state index contributed by atoms with van der Waals surface area (Å²) in [7, 11) is 4.03. The fraction of sp³-hybridized carbons (Fsp3) is 0.944. The molecule has 2 rings (SSSR count). The van der Waals surface area contributed by atoms with Crippen LogP contribution in [0.15, 0.2) is 0 Å². The van der Waals surface area contributed by atoms with Gasteiger partial charge in [-0.1, -0.05) is 6.92 Å². The molecule has 0 bridgehead atoms. The van der Waals surface area contributed by atoms with Crippen LogP contribution in [0.1, 0.15) is 45.4 Å². The van der Waals surface area contributed by atoms with Crippen LogP contribution in [0.5, 0.6) is 0 Å². The Morgan fingerprint density at radius 3 is 2.39 bits per heavy atom. The van der Waals surface area contributed by atoms with Crippen LogP contribution in [0, 0.1) is 11.8 Å². The van der Waals surface area contributed by atoms with Crippen molar-refractivity contribution in [3.8, 4) is 0 Å². The number of β-amino-alcohol motifs (C(OH)–C–C–N with tert-alkyl or cyclic N) is 1. The smallest absolute Gasteiger partial charge is 0.223 e. The topological polar surface area (TPSA) is 55.8 Å². The molecule has 1 amide bonds. The van der Waals surface area contributed by atoms with Gasteiger partial charge in [0, 0.05) is 25.6 Å². The van der Waals surface area contributed by atoms with Crippen molar-refractivity contribution in [1.29, 1.82) is 0 Å². The average Bonchev–Trinajstić information content (AvgIpc) is 2.51. The lowest BCUT2D eigenvalue weighted by Crippen LogP contribution is -2.49. The van der Waals surface area contributed by atoms with Crippen LogP contribution in [-0.2, 0) is 4.79 Å². The fourth-order valence-corrected chi connectivity index (χ4v) is 3.77. The molecule has 2 fully saturated rings. The Balaban J connectivity index is 1.68. The maximum Gasteiger partial charge on any atom is 0.223 e. The molecule has 0 radical (unpaired) electrons. The van der Waals surface area contributed by atoms with E-state index in [1.807, 2.05) is 14.1 Å². The largest absolute Gasteiger partial charge is 0.389 e. The van der Waals surface area contributed by atoms with Crippen LogP contribution in [0.3, 0.4) is 0 Å². The molecular formula is C18H35N3O2. The van der Waals surface area contributed by atoms with Crippen molar-refractivity contribution in [2.24, 2.45) is 11.8 Å². The molecule has 134 valence electrons. The highest BCUT2D eigenvalue weighted by atomic mass is 16.3. The summed E-state index contributed by atoms with van der Waals surface area (Å²) in [6.45, 7) is 6.54. The number of nitrogens with one attached hydrogen (secondary N) is 1. The normalized spacial score (nSPS) is 30.6. The zero-order chi connectivity index (χ0) is 16.9. The summed E-state index contributed by atoms with van der Waals surface area (Å²) in [6.07, 6.45) is 5.97. The number of hydrogen-bond acceptors (Lipinski definition) is 4. The summed E-state index contributed by atoms with van der Waals surface area (Å²) in [4.78, 5) is 16.6. The quantitative estimate of drug-likeness (QED) is 0.773. The van der Waals surface area contributed by atoms with Gasteiger partial charge < -0.3 is 20.2 Å². The molecule has 0 aromatic rings. The first kappa shape index (κ1) is 18.7. The first-order valence-electron chi connectivity index (χ1n) is 9.25. The van der Waals surface area contributed by atoms with E-state index in [4.69, 9.17) is 0 Å². The zero-order valence-corrected chi connectivity index (χ0v) is 15.2. The van der Waals surface area contributed by atoms with Crippen molar-refractivity contribution in [1.82, 2.24) is 15.1 Å². The number of hydrogen-bond donors (Lipinski definition) is 2. The van der Waals surface area contributed by atoms with Gasteiger partial charge in [0.15, 0.2) is 0 Å². The molecule has 2 N–H and O–H groups in total. The Morgan fingerprint density at radius 1 is 1.22 bits per heavy atom. The SMILES string of the molecule is CC1CCC(O)(CN2CCC(C(=O)NCCN(C)C)CC2)CC1. The highest BCUT2D eigenvalue weighted by Gasteiger charge is 2.35. The highest BCUT2D eigenvalue weighted by Crippen LogP contribution is 2.33. The Bertz CT molecular complexity index is 370. The lowest BCUT2D eigenvalue weighted by atomic mass is 9.79. The summed E-state index contributed by atoms with van der Waals surface area (Å²) in [6, 6.07) is 0. The summed E-state index contributed by atoms with van der Waals surface area (Å²) in [5.74, 6) is 1.11. The van der Waals surface area contributed by atoms with Gasteiger partial charge in [-0.3, -0.25) is 4.79 Å². The van der Waals surface area contributed by atoms with Crippen molar-refractivity contribution in [2.45, 2.75) is 51.0 Å². The first-order valence-corrected chi connectivity index (χ1v) is 9.25. The Labute approximate surface area is 141 Å². The van der Waals surface area contributed by atoms with Gasteiger partial charge in [-0.25, -0.2) is 0 Å². The number of aliphatic hydroxyl groups is 1. The molecule has 23 heavy (non-hydrogen) atoms. The minimum Gasteiger partial charge on any atom is -0.389 e. The molecule has 0 aromatic heterocycles. The molecule has 0 aromatic carbocycles. The third kappa shape index (κ3) is 6.05. The van der Waals surface area contributed by atoms with Crippen LogP contribution in [0.2, 0.25) is 0 Å². The van der Waals surface area contributed by atoms with E-state index < -0.39 is 5.60 Å². The van der Waals surface area contributed by atoms with E-state index >= 15 is 0 Å². The van der Waals surface area contributed by atoms with Gasteiger partial charge in [0.05, 0.1) is 5.60 Å². The molecule has 5 heteroatoms. The van der Waals surface area contributed by atoms with Crippen LogP contribution in [-0.4, -0.2) is 73.2 Å². The van der Waals surface area contributed by atoms with E-state index in [2.05, 4.69) is 22.0 Å². The second-order valence-electron chi connectivity index (χ2n) is 8.05. The molecule has 1 heterocycles. The highest BCUT2D eigenvalue weighted by molar-refractivity contribution is 5.78. The number of likely N-dealkylation sites (tertiary alicyclic amines) is 1. The molecule has 0 unspecified atom stereocenters. The molecule has 2 aliphatic rings. The Hall–Kier alpha value is -0.650. The average molecular weight is 325 g/mol. The summed E-state index contributed by atoms with van der Waals surface area (Å²) >= 11 is 0. The third-order valence-corrected chi connectivity index (χ3v) is 5.54. The Kier molecular flexibility index (Phi) is 6.86. The van der Waals surface area contributed by atoms with E-state index in [-0.39, 0.29) is 11.8 Å². The predicted molar refractivity (Wildman–Crippen MR) is 93.3 cm³/mol. The van der Waals surface area contributed by atoms with Crippen LogP contribution in [0.4, 0.5) is 0 Å². The van der Waals surface area contributed by atoms with Gasteiger partial charge in [-0.2, -0.15) is 0 Å². The van der Waals surface area contributed by atoms with Gasteiger partial charge in [0.25, 0.3) is 0 Å². The Morgan fingerprint density at radius 2 is 1.83 bits per heavy atom. The van der Waals surface area contributed by atoms with Crippen LogP contribution in [0.25, 0.3) is 0 Å². The predicted octanol–water partition coefficient (Wildman–Crippen LogP) is 1.32. The van der Waals surface area contributed by atoms with E-state index in [1.165, 1.54) is 0 Å². The standard InChI is InChI=1S/C18H35N3O2/c1-15-4-8-18(23,9-5-15)14-21-11-6-16(7-12-21)17(22)19-10-13-20(2)3/h15-16,23H,4-14H2,1-3H3,(H,19,22). The van der Waals surface area contributed by atoms with Crippen molar-refractivity contribution in [3.63, 3.8) is 0 Å². The lowest BCUT2D eigenvalue weighted by Gasteiger charge is -2.41. The molecule has 1 aliphatic carbocycles. The minimum absolute atomic E-state index is 0.148. The van der Waals surface area contributed by atoms with E-state index in [9.17, 15) is 9.90 Å². The molecule has 1 saturated heterocycles. The maximum absolute atomic E-state index is 12.2. The molecule has 0 spiro atoms. The summed E-state index contributed by atoms with van der Waals surface area (Å²) < 4.78 is 0. The van der Waals surface area contributed by atoms with Crippen LogP contribution < -0.4 is 5.32 Å². The van der Waals surface area contributed by atoms with Crippen molar-refractivity contribution >= 4 is 5.91 Å². The van der Waals surface area contributed by atoms with Crippen molar-refractivity contribution in [2.75, 3.05) is 46.8 Å². The van der Waals surface area contributed by atoms with Crippen molar-refractivity contribution < 1.29 is 9.90 Å². The van der Waals surface area contributed by atoms with Gasteiger partial charge in [-0.05, 0) is 71.6 Å². The number of piperidine rings is 1. The second-order valence-corrected chi connectivity index (χ2v) is 8.05. The van der Waals surface area contributed by atoms with E-state index in [1.54, 1.807) is 0 Å². The monoisotopic (exact) mass is 325 g/mol. The third-order valence-electron chi connectivity index (χ3n) is 5.54. The fourth-order valence-electron chi connectivity index (χ4n) is 3.77. The summed E-state index contributed by atoms with van der Waals surface area (Å²) in [5, 5.41) is 13.8. The van der Waals surface area contributed by atoms with E-state index in [0.29, 0.717) is 0 Å². The summed E-state index contributed by atoms with van der Waals surface area (Å²) in [5.41, 5.74) is -0.493. The van der Waals surface area contributed by atoms with Crippen molar-refractivity contribution in [3.05, 3.63) is 0 Å². The van der Waals surface area contributed by atoms with Gasteiger partial charge in [-0.15, -0.1) is 0 Å².